The first-order valence-corrected chi connectivity index (χ1v) is 6.49. The quantitative estimate of drug-likeness (QED) is 0.672. The fraction of sp³-hybridized carbons (Fsp3) is 0.462. The second-order valence-corrected chi connectivity index (χ2v) is 5.23. The molecule has 2 unspecified atom stereocenters. The Labute approximate surface area is 113 Å². The number of rotatable bonds is 3. The van der Waals surface area contributed by atoms with Crippen LogP contribution in [0.3, 0.4) is 0 Å². The van der Waals surface area contributed by atoms with Crippen LogP contribution in [0.2, 0.25) is 0 Å². The topological polar surface area (TPSA) is 29.1 Å². The average molecular weight is 292 g/mol. The van der Waals surface area contributed by atoms with E-state index in [9.17, 15) is 18.0 Å². The highest BCUT2D eigenvalue weighted by atomic mass is 35.5. The van der Waals surface area contributed by atoms with E-state index in [2.05, 4.69) is 5.32 Å². The Morgan fingerprint density at radius 1 is 1.26 bits per heavy atom. The van der Waals surface area contributed by atoms with Gasteiger partial charge in [0, 0.05) is 17.5 Å². The highest BCUT2D eigenvalue weighted by Crippen LogP contribution is 2.29. The lowest BCUT2D eigenvalue weighted by Gasteiger charge is -2.14. The van der Waals surface area contributed by atoms with E-state index in [-0.39, 0.29) is 16.9 Å². The number of carbonyl (C=O) groups excluding carboxylic acids is 1. The minimum Gasteiger partial charge on any atom is -0.352 e. The monoisotopic (exact) mass is 291 g/mol. The molecule has 0 spiro atoms. The molecule has 1 aliphatic rings. The highest BCUT2D eigenvalue weighted by molar-refractivity contribution is 6.21. The van der Waals surface area contributed by atoms with Crippen LogP contribution in [0.4, 0.5) is 13.2 Å². The molecule has 2 nitrogen and oxygen atoms in total. The third-order valence-electron chi connectivity index (χ3n) is 3.34. The summed E-state index contributed by atoms with van der Waals surface area (Å²) in [6.45, 7) is 0.355. The van der Waals surface area contributed by atoms with Gasteiger partial charge in [-0.3, -0.25) is 4.79 Å². The summed E-state index contributed by atoms with van der Waals surface area (Å²) >= 11 is 6.06. The molecule has 0 heterocycles. The fourth-order valence-electron chi connectivity index (χ4n) is 2.23. The van der Waals surface area contributed by atoms with E-state index in [0.29, 0.717) is 18.7 Å². The molecule has 2 rings (SSSR count). The minimum absolute atomic E-state index is 0.0157. The summed E-state index contributed by atoms with van der Waals surface area (Å²) in [6, 6.07) is 1.36. The molecule has 0 radical (unpaired) electrons. The van der Waals surface area contributed by atoms with Crippen molar-refractivity contribution in [1.29, 1.82) is 0 Å². The van der Waals surface area contributed by atoms with Gasteiger partial charge in [0.15, 0.2) is 17.5 Å². The minimum atomic E-state index is -1.58. The van der Waals surface area contributed by atoms with Gasteiger partial charge in [0.1, 0.15) is 0 Å². The molecule has 1 amide bonds. The lowest BCUT2D eigenvalue weighted by molar-refractivity contribution is 0.0946. The van der Waals surface area contributed by atoms with Crippen LogP contribution in [0.1, 0.15) is 29.6 Å². The van der Waals surface area contributed by atoms with Gasteiger partial charge in [-0.15, -0.1) is 11.6 Å². The van der Waals surface area contributed by atoms with Crippen LogP contribution in [0.15, 0.2) is 12.1 Å². The number of amides is 1. The zero-order chi connectivity index (χ0) is 14.0. The van der Waals surface area contributed by atoms with E-state index in [1.165, 1.54) is 0 Å². The SMILES string of the molecule is O=C(NCC1CCCC1Cl)c1cc(F)c(F)c(F)c1. The lowest BCUT2D eigenvalue weighted by atomic mass is 10.1. The largest absolute Gasteiger partial charge is 0.352 e. The maximum absolute atomic E-state index is 13.0. The van der Waals surface area contributed by atoms with Gasteiger partial charge >= 0.3 is 0 Å². The van der Waals surface area contributed by atoms with Crippen LogP contribution in [-0.4, -0.2) is 17.8 Å². The van der Waals surface area contributed by atoms with E-state index in [1.54, 1.807) is 0 Å². The van der Waals surface area contributed by atoms with E-state index in [4.69, 9.17) is 11.6 Å². The van der Waals surface area contributed by atoms with Crippen molar-refractivity contribution < 1.29 is 18.0 Å². The first-order valence-electron chi connectivity index (χ1n) is 6.06. The van der Waals surface area contributed by atoms with Gasteiger partial charge < -0.3 is 5.32 Å². The molecular formula is C13H13ClF3NO. The normalized spacial score (nSPS) is 22.5. The maximum atomic E-state index is 13.0. The van der Waals surface area contributed by atoms with Crippen molar-refractivity contribution in [2.75, 3.05) is 6.54 Å². The van der Waals surface area contributed by atoms with Crippen LogP contribution in [0, 0.1) is 23.4 Å². The summed E-state index contributed by atoms with van der Waals surface area (Å²) in [5.74, 6) is -4.79. The first kappa shape index (κ1) is 14.2. The molecule has 0 bridgehead atoms. The molecular weight excluding hydrogens is 279 g/mol. The summed E-state index contributed by atoms with van der Waals surface area (Å²) in [5, 5.41) is 2.58. The number of nitrogens with one attached hydrogen (secondary N) is 1. The molecule has 1 aromatic rings. The van der Waals surface area contributed by atoms with Crippen molar-refractivity contribution in [2.24, 2.45) is 5.92 Å². The van der Waals surface area contributed by atoms with Crippen LogP contribution < -0.4 is 5.32 Å². The number of alkyl halides is 1. The summed E-state index contributed by atoms with van der Waals surface area (Å²) in [5.41, 5.74) is -0.236. The molecule has 0 aromatic heterocycles. The Balaban J connectivity index is 2.00. The van der Waals surface area contributed by atoms with E-state index < -0.39 is 23.4 Å². The van der Waals surface area contributed by atoms with Crippen LogP contribution in [0.25, 0.3) is 0 Å². The van der Waals surface area contributed by atoms with E-state index in [1.807, 2.05) is 0 Å². The Kier molecular flexibility index (Phi) is 4.34. The van der Waals surface area contributed by atoms with E-state index in [0.717, 1.165) is 19.3 Å². The summed E-state index contributed by atoms with van der Waals surface area (Å²) in [7, 11) is 0. The summed E-state index contributed by atoms with van der Waals surface area (Å²) in [6.07, 6.45) is 2.83. The molecule has 1 saturated carbocycles. The molecule has 1 aliphatic carbocycles. The van der Waals surface area contributed by atoms with Gasteiger partial charge in [-0.05, 0) is 30.9 Å². The third kappa shape index (κ3) is 3.21. The number of benzene rings is 1. The summed E-state index contributed by atoms with van der Waals surface area (Å²) < 4.78 is 38.7. The standard InChI is InChI=1S/C13H13ClF3NO/c14-9-3-1-2-7(9)6-18-13(19)8-4-10(15)12(17)11(16)5-8/h4-5,7,9H,1-3,6H2,(H,18,19). The molecule has 1 aromatic carbocycles. The van der Waals surface area contributed by atoms with E-state index >= 15 is 0 Å². The van der Waals surface area contributed by atoms with Crippen molar-refractivity contribution in [3.63, 3.8) is 0 Å². The lowest BCUT2D eigenvalue weighted by Crippen LogP contribution is -2.31. The molecule has 1 fully saturated rings. The van der Waals surface area contributed by atoms with Crippen molar-refractivity contribution in [3.8, 4) is 0 Å². The van der Waals surface area contributed by atoms with Gasteiger partial charge in [0.25, 0.3) is 5.91 Å². The van der Waals surface area contributed by atoms with Crippen molar-refractivity contribution in [3.05, 3.63) is 35.1 Å². The Morgan fingerprint density at radius 2 is 1.89 bits per heavy atom. The Morgan fingerprint density at radius 3 is 2.42 bits per heavy atom. The molecule has 0 saturated heterocycles. The Hall–Kier alpha value is -1.23. The van der Waals surface area contributed by atoms with Crippen LogP contribution in [-0.2, 0) is 0 Å². The van der Waals surface area contributed by atoms with Crippen molar-refractivity contribution in [2.45, 2.75) is 24.6 Å². The highest BCUT2D eigenvalue weighted by Gasteiger charge is 2.25. The maximum Gasteiger partial charge on any atom is 0.251 e. The number of carbonyl (C=O) groups is 1. The average Bonchev–Trinajstić information content (AvgIpc) is 2.78. The fourth-order valence-corrected chi connectivity index (χ4v) is 2.60. The number of hydrogen-bond donors (Lipinski definition) is 1. The predicted octanol–water partition coefficient (Wildman–Crippen LogP) is 3.24. The van der Waals surface area contributed by atoms with Gasteiger partial charge in [-0.1, -0.05) is 6.42 Å². The number of hydrogen-bond acceptors (Lipinski definition) is 1. The molecule has 0 aliphatic heterocycles. The zero-order valence-corrected chi connectivity index (χ0v) is 10.8. The van der Waals surface area contributed by atoms with Gasteiger partial charge in [0.2, 0.25) is 0 Å². The molecule has 19 heavy (non-hydrogen) atoms. The van der Waals surface area contributed by atoms with Gasteiger partial charge in [0.05, 0.1) is 0 Å². The second kappa shape index (κ2) is 5.82. The second-order valence-electron chi connectivity index (χ2n) is 4.67. The van der Waals surface area contributed by atoms with Gasteiger partial charge in [-0.2, -0.15) is 0 Å². The van der Waals surface area contributed by atoms with Gasteiger partial charge in [-0.25, -0.2) is 13.2 Å². The predicted molar refractivity (Wildman–Crippen MR) is 65.6 cm³/mol. The smallest absolute Gasteiger partial charge is 0.251 e. The van der Waals surface area contributed by atoms with Crippen molar-refractivity contribution in [1.82, 2.24) is 5.32 Å². The van der Waals surface area contributed by atoms with Crippen molar-refractivity contribution >= 4 is 17.5 Å². The Bertz CT molecular complexity index is 472. The molecule has 104 valence electrons. The zero-order valence-electron chi connectivity index (χ0n) is 10.1. The van der Waals surface area contributed by atoms with Crippen LogP contribution in [0.5, 0.6) is 0 Å². The van der Waals surface area contributed by atoms with Crippen LogP contribution >= 0.6 is 11.6 Å². The number of halogens is 4. The molecule has 1 N–H and O–H groups in total. The first-order chi connectivity index (χ1) is 8.99. The molecule has 2 atom stereocenters. The summed E-state index contributed by atoms with van der Waals surface area (Å²) in [4.78, 5) is 11.7. The molecule has 6 heteroatoms. The third-order valence-corrected chi connectivity index (χ3v) is 3.91.